The minimum absolute atomic E-state index is 0.187. The topological polar surface area (TPSA) is 47.6 Å². The maximum absolute atomic E-state index is 11.1. The Labute approximate surface area is 112 Å². The minimum atomic E-state index is -0.187. The molecule has 5 heteroatoms. The second-order valence-corrected chi connectivity index (χ2v) is 5.10. The zero-order valence-corrected chi connectivity index (χ0v) is 11.8. The second-order valence-electron chi connectivity index (χ2n) is 3.85. The fourth-order valence-electron chi connectivity index (χ4n) is 1.48. The van der Waals surface area contributed by atoms with Crippen molar-refractivity contribution in [3.63, 3.8) is 0 Å². The Kier molecular flexibility index (Phi) is 7.64. The summed E-state index contributed by atoms with van der Waals surface area (Å²) in [5.74, 6) is -0.187. The van der Waals surface area contributed by atoms with Gasteiger partial charge in [-0.3, -0.25) is 4.79 Å². The van der Waals surface area contributed by atoms with E-state index in [2.05, 4.69) is 16.1 Å². The average molecular weight is 271 g/mol. The molecular formula is C13H21NO3S. The van der Waals surface area contributed by atoms with Crippen LogP contribution in [0, 0.1) is 0 Å². The van der Waals surface area contributed by atoms with Gasteiger partial charge < -0.3 is 14.8 Å². The van der Waals surface area contributed by atoms with E-state index in [9.17, 15) is 4.79 Å². The number of carbonyl (C=O) groups excluding carboxylic acids is 1. The number of ether oxygens (including phenoxy) is 2. The predicted molar refractivity (Wildman–Crippen MR) is 72.9 cm³/mol. The Morgan fingerprint density at radius 3 is 2.89 bits per heavy atom. The third-order valence-corrected chi connectivity index (χ3v) is 3.49. The number of esters is 1. The van der Waals surface area contributed by atoms with Crippen LogP contribution in [0.3, 0.4) is 0 Å². The Morgan fingerprint density at radius 1 is 1.39 bits per heavy atom. The highest BCUT2D eigenvalue weighted by atomic mass is 32.1. The molecular weight excluding hydrogens is 250 g/mol. The lowest BCUT2D eigenvalue weighted by atomic mass is 10.3. The number of hydrogen-bond acceptors (Lipinski definition) is 5. The zero-order valence-electron chi connectivity index (χ0n) is 11.0. The fourth-order valence-corrected chi connectivity index (χ4v) is 2.46. The minimum Gasteiger partial charge on any atom is -0.469 e. The van der Waals surface area contributed by atoms with Crippen LogP contribution in [0.4, 0.5) is 0 Å². The van der Waals surface area contributed by atoms with E-state index in [1.807, 2.05) is 13.0 Å². The maximum Gasteiger partial charge on any atom is 0.310 e. The zero-order chi connectivity index (χ0) is 13.2. The smallest absolute Gasteiger partial charge is 0.310 e. The summed E-state index contributed by atoms with van der Waals surface area (Å²) in [6.07, 6.45) is 1.39. The van der Waals surface area contributed by atoms with E-state index in [4.69, 9.17) is 4.74 Å². The summed E-state index contributed by atoms with van der Waals surface area (Å²) < 4.78 is 9.89. The Hall–Kier alpha value is -0.910. The van der Waals surface area contributed by atoms with Crippen LogP contribution >= 0.6 is 11.3 Å². The monoisotopic (exact) mass is 271 g/mol. The SMILES string of the molecule is CCOCCCNCc1ccc(CC(=O)OC)s1. The maximum atomic E-state index is 11.1. The van der Waals surface area contributed by atoms with Gasteiger partial charge in [-0.05, 0) is 32.0 Å². The summed E-state index contributed by atoms with van der Waals surface area (Å²) >= 11 is 1.65. The lowest BCUT2D eigenvalue weighted by molar-refractivity contribution is -0.139. The first-order chi connectivity index (χ1) is 8.76. The van der Waals surface area contributed by atoms with Crippen molar-refractivity contribution in [2.24, 2.45) is 0 Å². The van der Waals surface area contributed by atoms with E-state index in [1.165, 1.54) is 12.0 Å². The van der Waals surface area contributed by atoms with Crippen LogP contribution in [0.25, 0.3) is 0 Å². The van der Waals surface area contributed by atoms with Gasteiger partial charge >= 0.3 is 5.97 Å². The van der Waals surface area contributed by atoms with Crippen molar-refractivity contribution < 1.29 is 14.3 Å². The number of rotatable bonds is 9. The van der Waals surface area contributed by atoms with Gasteiger partial charge in [0.1, 0.15) is 0 Å². The average Bonchev–Trinajstić information content (AvgIpc) is 2.81. The first kappa shape index (κ1) is 15.1. The first-order valence-electron chi connectivity index (χ1n) is 6.19. The van der Waals surface area contributed by atoms with Gasteiger partial charge in [0.05, 0.1) is 13.5 Å². The van der Waals surface area contributed by atoms with Gasteiger partial charge in [-0.25, -0.2) is 0 Å². The van der Waals surface area contributed by atoms with Gasteiger partial charge in [0.15, 0.2) is 0 Å². The largest absolute Gasteiger partial charge is 0.469 e. The van der Waals surface area contributed by atoms with E-state index >= 15 is 0 Å². The van der Waals surface area contributed by atoms with Crippen LogP contribution in [-0.4, -0.2) is 32.8 Å². The van der Waals surface area contributed by atoms with Crippen LogP contribution in [0.5, 0.6) is 0 Å². The first-order valence-corrected chi connectivity index (χ1v) is 7.00. The molecule has 1 aromatic heterocycles. The van der Waals surface area contributed by atoms with E-state index in [-0.39, 0.29) is 5.97 Å². The quantitative estimate of drug-likeness (QED) is 0.551. The normalized spacial score (nSPS) is 10.6. The molecule has 0 spiro atoms. The third-order valence-electron chi connectivity index (χ3n) is 2.41. The van der Waals surface area contributed by atoms with Gasteiger partial charge in [0.2, 0.25) is 0 Å². The molecule has 0 aliphatic heterocycles. The molecule has 0 bridgehead atoms. The lowest BCUT2D eigenvalue weighted by Gasteiger charge is -2.03. The van der Waals surface area contributed by atoms with Crippen molar-refractivity contribution in [3.05, 3.63) is 21.9 Å². The molecule has 1 N–H and O–H groups in total. The molecule has 0 radical (unpaired) electrons. The summed E-state index contributed by atoms with van der Waals surface area (Å²) in [6, 6.07) is 4.04. The van der Waals surface area contributed by atoms with Crippen molar-refractivity contribution in [2.75, 3.05) is 26.9 Å². The molecule has 0 saturated carbocycles. The van der Waals surface area contributed by atoms with E-state index < -0.39 is 0 Å². The van der Waals surface area contributed by atoms with Crippen LogP contribution in [0.1, 0.15) is 23.1 Å². The Bertz CT molecular complexity index is 352. The molecule has 1 rings (SSSR count). The molecule has 0 aliphatic rings. The molecule has 0 amide bonds. The molecule has 1 aromatic rings. The highest BCUT2D eigenvalue weighted by Gasteiger charge is 2.05. The van der Waals surface area contributed by atoms with E-state index in [1.54, 1.807) is 11.3 Å². The third kappa shape index (κ3) is 6.14. The number of methoxy groups -OCH3 is 1. The Morgan fingerprint density at radius 2 is 2.17 bits per heavy atom. The summed E-state index contributed by atoms with van der Waals surface area (Å²) in [7, 11) is 1.41. The molecule has 1 heterocycles. The van der Waals surface area contributed by atoms with Gasteiger partial charge in [0, 0.05) is 29.5 Å². The molecule has 0 aliphatic carbocycles. The number of nitrogens with one attached hydrogen (secondary N) is 1. The standard InChI is InChI=1S/C13H21NO3S/c1-3-17-8-4-7-14-10-12-6-5-11(18-12)9-13(15)16-2/h5-6,14H,3-4,7-10H2,1-2H3. The molecule has 0 atom stereocenters. The van der Waals surface area contributed by atoms with Crippen LogP contribution in [0.2, 0.25) is 0 Å². The fraction of sp³-hybridized carbons (Fsp3) is 0.615. The molecule has 0 saturated heterocycles. The summed E-state index contributed by atoms with van der Waals surface area (Å²) in [5.41, 5.74) is 0. The molecule has 4 nitrogen and oxygen atoms in total. The van der Waals surface area contributed by atoms with Gasteiger partial charge in [-0.2, -0.15) is 0 Å². The van der Waals surface area contributed by atoms with Crippen molar-refractivity contribution in [3.8, 4) is 0 Å². The van der Waals surface area contributed by atoms with Crippen LogP contribution in [0.15, 0.2) is 12.1 Å². The predicted octanol–water partition coefficient (Wildman–Crippen LogP) is 1.98. The molecule has 102 valence electrons. The summed E-state index contributed by atoms with van der Waals surface area (Å²) in [5, 5.41) is 3.36. The van der Waals surface area contributed by atoms with Crippen molar-refractivity contribution in [2.45, 2.75) is 26.3 Å². The molecule has 0 aromatic carbocycles. The second kappa shape index (κ2) is 9.08. The molecule has 0 fully saturated rings. The van der Waals surface area contributed by atoms with Crippen LogP contribution in [-0.2, 0) is 27.2 Å². The Balaban J connectivity index is 2.17. The lowest BCUT2D eigenvalue weighted by Crippen LogP contribution is -2.15. The van der Waals surface area contributed by atoms with E-state index in [0.717, 1.165) is 37.6 Å². The van der Waals surface area contributed by atoms with Crippen molar-refractivity contribution in [1.82, 2.24) is 5.32 Å². The highest BCUT2D eigenvalue weighted by Crippen LogP contribution is 2.17. The molecule has 0 unspecified atom stereocenters. The highest BCUT2D eigenvalue weighted by molar-refractivity contribution is 7.12. The number of thiophene rings is 1. The van der Waals surface area contributed by atoms with Crippen molar-refractivity contribution in [1.29, 1.82) is 0 Å². The number of hydrogen-bond donors (Lipinski definition) is 1. The van der Waals surface area contributed by atoms with E-state index in [0.29, 0.717) is 6.42 Å². The van der Waals surface area contributed by atoms with Gasteiger partial charge in [0.25, 0.3) is 0 Å². The van der Waals surface area contributed by atoms with Gasteiger partial charge in [-0.1, -0.05) is 0 Å². The van der Waals surface area contributed by atoms with Crippen LogP contribution < -0.4 is 5.32 Å². The van der Waals surface area contributed by atoms with Crippen molar-refractivity contribution >= 4 is 17.3 Å². The summed E-state index contributed by atoms with van der Waals surface area (Å²) in [4.78, 5) is 13.4. The van der Waals surface area contributed by atoms with Gasteiger partial charge in [-0.15, -0.1) is 11.3 Å². The summed E-state index contributed by atoms with van der Waals surface area (Å²) in [6.45, 7) is 5.38. The number of carbonyl (C=O) groups is 1. The molecule has 18 heavy (non-hydrogen) atoms.